The number of imidazole rings is 1. The van der Waals surface area contributed by atoms with Crippen LogP contribution in [0.1, 0.15) is 10.8 Å². The molecular formula is C13H13N3OS. The second-order valence-corrected chi connectivity index (χ2v) is 5.06. The third kappa shape index (κ3) is 2.02. The van der Waals surface area contributed by atoms with E-state index in [2.05, 4.69) is 26.4 Å². The second kappa shape index (κ2) is 4.51. The van der Waals surface area contributed by atoms with Crippen molar-refractivity contribution >= 4 is 22.4 Å². The van der Waals surface area contributed by atoms with Crippen molar-refractivity contribution in [1.29, 1.82) is 0 Å². The molecule has 0 atom stereocenters. The molecule has 0 aliphatic carbocycles. The van der Waals surface area contributed by atoms with E-state index >= 15 is 0 Å². The summed E-state index contributed by atoms with van der Waals surface area (Å²) >= 11 is 1.62. The first-order chi connectivity index (χ1) is 8.76. The van der Waals surface area contributed by atoms with Gasteiger partial charge in [-0.15, -0.1) is 11.3 Å². The topological polar surface area (TPSA) is 50.8 Å². The van der Waals surface area contributed by atoms with Gasteiger partial charge < -0.3 is 9.72 Å². The fourth-order valence-electron chi connectivity index (χ4n) is 1.93. The summed E-state index contributed by atoms with van der Waals surface area (Å²) in [5, 5.41) is 3.05. The molecule has 0 saturated carbocycles. The molecule has 0 fully saturated rings. The zero-order valence-corrected chi connectivity index (χ0v) is 11.0. The summed E-state index contributed by atoms with van der Waals surface area (Å²) in [5.41, 5.74) is 4.13. The highest BCUT2D eigenvalue weighted by molar-refractivity contribution is 7.09. The number of hydrogen-bond donors (Lipinski definition) is 1. The van der Waals surface area contributed by atoms with Crippen molar-refractivity contribution in [3.05, 3.63) is 34.4 Å². The van der Waals surface area contributed by atoms with Gasteiger partial charge in [-0.3, -0.25) is 0 Å². The van der Waals surface area contributed by atoms with Crippen molar-refractivity contribution < 1.29 is 4.74 Å². The molecular weight excluding hydrogens is 246 g/mol. The second-order valence-electron chi connectivity index (χ2n) is 4.11. The zero-order chi connectivity index (χ0) is 12.5. The Labute approximate surface area is 109 Å². The van der Waals surface area contributed by atoms with Crippen molar-refractivity contribution in [1.82, 2.24) is 15.0 Å². The Morgan fingerprint density at radius 2 is 2.22 bits per heavy atom. The number of rotatable bonds is 3. The van der Waals surface area contributed by atoms with Gasteiger partial charge >= 0.3 is 0 Å². The molecule has 0 aliphatic heterocycles. The first-order valence-electron chi connectivity index (χ1n) is 5.66. The molecule has 2 aromatic heterocycles. The van der Waals surface area contributed by atoms with Gasteiger partial charge in [-0.05, 0) is 19.1 Å². The molecule has 1 aromatic carbocycles. The molecule has 3 rings (SSSR count). The standard InChI is InChI=1S/C13H13N3OS/c1-8-14-10-4-3-9(5-11(10)15-8)12-7-18-13(16-12)6-17-2/h3-5,7H,6H2,1-2H3,(H,14,15). The highest BCUT2D eigenvalue weighted by atomic mass is 32.1. The molecule has 92 valence electrons. The summed E-state index contributed by atoms with van der Waals surface area (Å²) in [6.45, 7) is 2.52. The predicted octanol–water partition coefficient (Wildman–Crippen LogP) is 3.14. The lowest BCUT2D eigenvalue weighted by molar-refractivity contribution is 0.184. The molecule has 0 radical (unpaired) electrons. The average molecular weight is 259 g/mol. The highest BCUT2D eigenvalue weighted by Crippen LogP contribution is 2.25. The Morgan fingerprint density at radius 3 is 3.06 bits per heavy atom. The van der Waals surface area contributed by atoms with Gasteiger partial charge in [0, 0.05) is 18.1 Å². The van der Waals surface area contributed by atoms with Gasteiger partial charge in [-0.25, -0.2) is 9.97 Å². The van der Waals surface area contributed by atoms with Crippen LogP contribution in [0.5, 0.6) is 0 Å². The molecule has 0 amide bonds. The van der Waals surface area contributed by atoms with Gasteiger partial charge in [0.1, 0.15) is 10.8 Å². The quantitative estimate of drug-likeness (QED) is 0.786. The third-order valence-corrected chi connectivity index (χ3v) is 3.54. The van der Waals surface area contributed by atoms with Gasteiger partial charge in [0.05, 0.1) is 23.3 Å². The molecule has 1 N–H and O–H groups in total. The van der Waals surface area contributed by atoms with E-state index in [1.165, 1.54) is 0 Å². The number of H-pyrrole nitrogens is 1. The van der Waals surface area contributed by atoms with Gasteiger partial charge in [-0.2, -0.15) is 0 Å². The third-order valence-electron chi connectivity index (χ3n) is 2.72. The van der Waals surface area contributed by atoms with Crippen molar-refractivity contribution in [3.63, 3.8) is 0 Å². The van der Waals surface area contributed by atoms with Crippen LogP contribution in [0.4, 0.5) is 0 Å². The number of hydrogen-bond acceptors (Lipinski definition) is 4. The number of fused-ring (bicyclic) bond motifs is 1. The van der Waals surface area contributed by atoms with E-state index in [0.29, 0.717) is 6.61 Å². The van der Waals surface area contributed by atoms with Crippen molar-refractivity contribution in [2.75, 3.05) is 7.11 Å². The Morgan fingerprint density at radius 1 is 1.33 bits per heavy atom. The Hall–Kier alpha value is -1.72. The lowest BCUT2D eigenvalue weighted by Crippen LogP contribution is -1.86. The minimum atomic E-state index is 0.566. The zero-order valence-electron chi connectivity index (χ0n) is 10.2. The fourth-order valence-corrected chi connectivity index (χ4v) is 2.70. The van der Waals surface area contributed by atoms with Crippen LogP contribution in [0.25, 0.3) is 22.3 Å². The maximum atomic E-state index is 5.08. The van der Waals surface area contributed by atoms with Crippen molar-refractivity contribution in [2.24, 2.45) is 0 Å². The number of aryl methyl sites for hydroxylation is 1. The largest absolute Gasteiger partial charge is 0.378 e. The number of benzene rings is 1. The van der Waals surface area contributed by atoms with Crippen LogP contribution in [0.15, 0.2) is 23.6 Å². The van der Waals surface area contributed by atoms with Crippen LogP contribution in [0, 0.1) is 6.92 Å². The van der Waals surface area contributed by atoms with Gasteiger partial charge in [-0.1, -0.05) is 6.07 Å². The van der Waals surface area contributed by atoms with E-state index in [-0.39, 0.29) is 0 Å². The first kappa shape index (κ1) is 11.4. The number of thiazole rings is 1. The minimum Gasteiger partial charge on any atom is -0.378 e. The maximum Gasteiger partial charge on any atom is 0.119 e. The molecule has 5 heteroatoms. The number of nitrogens with zero attached hydrogens (tertiary/aromatic N) is 2. The van der Waals surface area contributed by atoms with Crippen molar-refractivity contribution in [2.45, 2.75) is 13.5 Å². The molecule has 18 heavy (non-hydrogen) atoms. The van der Waals surface area contributed by atoms with E-state index in [9.17, 15) is 0 Å². The molecule has 0 spiro atoms. The van der Waals surface area contributed by atoms with Crippen LogP contribution in [0.2, 0.25) is 0 Å². The van der Waals surface area contributed by atoms with Crippen LogP contribution in [0.3, 0.4) is 0 Å². The van der Waals surface area contributed by atoms with E-state index in [1.807, 2.05) is 19.1 Å². The summed E-state index contributed by atoms with van der Waals surface area (Å²) in [6, 6.07) is 6.15. The molecule has 3 aromatic rings. The highest BCUT2D eigenvalue weighted by Gasteiger charge is 2.06. The first-order valence-corrected chi connectivity index (χ1v) is 6.54. The summed E-state index contributed by atoms with van der Waals surface area (Å²) in [7, 11) is 1.68. The Balaban J connectivity index is 2.01. The molecule has 0 bridgehead atoms. The van der Waals surface area contributed by atoms with Crippen LogP contribution < -0.4 is 0 Å². The molecule has 4 nitrogen and oxygen atoms in total. The summed E-state index contributed by atoms with van der Waals surface area (Å²) in [6.07, 6.45) is 0. The lowest BCUT2D eigenvalue weighted by Gasteiger charge is -1.96. The van der Waals surface area contributed by atoms with Crippen molar-refractivity contribution in [3.8, 4) is 11.3 Å². The summed E-state index contributed by atoms with van der Waals surface area (Å²) < 4.78 is 5.08. The SMILES string of the molecule is COCc1nc(-c2ccc3nc(C)[nH]c3c2)cs1. The van der Waals surface area contributed by atoms with E-state index in [1.54, 1.807) is 18.4 Å². The van der Waals surface area contributed by atoms with Crippen LogP contribution >= 0.6 is 11.3 Å². The summed E-state index contributed by atoms with van der Waals surface area (Å²) in [5.74, 6) is 0.931. The van der Waals surface area contributed by atoms with E-state index in [0.717, 1.165) is 33.1 Å². The van der Waals surface area contributed by atoms with Crippen LogP contribution in [-0.4, -0.2) is 22.1 Å². The molecule has 0 aliphatic rings. The van der Waals surface area contributed by atoms with Gasteiger partial charge in [0.25, 0.3) is 0 Å². The number of aromatic amines is 1. The minimum absolute atomic E-state index is 0.566. The summed E-state index contributed by atoms with van der Waals surface area (Å²) in [4.78, 5) is 12.2. The molecule has 0 unspecified atom stereocenters. The predicted molar refractivity (Wildman–Crippen MR) is 72.7 cm³/mol. The van der Waals surface area contributed by atoms with E-state index < -0.39 is 0 Å². The van der Waals surface area contributed by atoms with Crippen LogP contribution in [-0.2, 0) is 11.3 Å². The monoisotopic (exact) mass is 259 g/mol. The van der Waals surface area contributed by atoms with Gasteiger partial charge in [0.2, 0.25) is 0 Å². The maximum absolute atomic E-state index is 5.08. The van der Waals surface area contributed by atoms with Gasteiger partial charge in [0.15, 0.2) is 0 Å². The number of aromatic nitrogens is 3. The number of nitrogens with one attached hydrogen (secondary N) is 1. The number of methoxy groups -OCH3 is 1. The smallest absolute Gasteiger partial charge is 0.119 e. The van der Waals surface area contributed by atoms with E-state index in [4.69, 9.17) is 4.74 Å². The average Bonchev–Trinajstić information content (AvgIpc) is 2.93. The Bertz CT molecular complexity index is 686. The fraction of sp³-hybridized carbons (Fsp3) is 0.231. The lowest BCUT2D eigenvalue weighted by atomic mass is 10.1. The molecule has 2 heterocycles. The number of ether oxygens (including phenoxy) is 1. The molecule has 0 saturated heterocycles. The Kier molecular flexibility index (Phi) is 2.85. The normalized spacial score (nSPS) is 11.2.